The third kappa shape index (κ3) is 4.83. The number of hydrogen-bond donors (Lipinski definition) is 0. The molecule has 0 spiro atoms. The molecule has 0 N–H and O–H groups in total. The summed E-state index contributed by atoms with van der Waals surface area (Å²) >= 11 is 4.55. The Bertz CT molecular complexity index is 123. The molecule has 0 radical (unpaired) electrons. The van der Waals surface area contributed by atoms with Gasteiger partial charge in [0.1, 0.15) is 0 Å². The van der Waals surface area contributed by atoms with Gasteiger partial charge in [-0.3, -0.25) is 0 Å². The molecule has 0 aliphatic rings. The summed E-state index contributed by atoms with van der Waals surface area (Å²) in [4.78, 5) is 0. The summed E-state index contributed by atoms with van der Waals surface area (Å²) in [5.74, 6) is 0. The Morgan fingerprint density at radius 3 is 2.50 bits per heavy atom. The molecule has 0 amide bonds. The summed E-state index contributed by atoms with van der Waals surface area (Å²) in [7, 11) is 3.26. The Balaban J connectivity index is 3.16. The summed E-state index contributed by atoms with van der Waals surface area (Å²) in [6, 6.07) is 0. The molecule has 0 atom stereocenters. The Labute approximate surface area is 45.9 Å². The molecule has 0 unspecified atom stereocenters. The minimum absolute atomic E-state index is 0.538. The van der Waals surface area contributed by atoms with Gasteiger partial charge in [0, 0.05) is 0 Å². The summed E-state index contributed by atoms with van der Waals surface area (Å²) in [6.45, 7) is 2.55. The Hall–Kier alpha value is 0.830. The van der Waals surface area contributed by atoms with Gasteiger partial charge < -0.3 is 0 Å². The molecule has 0 aromatic carbocycles. The van der Waals surface area contributed by atoms with Gasteiger partial charge in [0.15, 0.2) is 0 Å². The number of rotatable bonds is 1. The average Bonchev–Trinajstić information content (AvgIpc) is 1.35. The van der Waals surface area contributed by atoms with Crippen molar-refractivity contribution in [2.24, 2.45) is 0 Å². The van der Waals surface area contributed by atoms with Crippen molar-refractivity contribution >= 4 is 27.7 Å². The minimum atomic E-state index is -0.538. The second-order valence-electron chi connectivity index (χ2n) is 0.624. The van der Waals surface area contributed by atoms with Gasteiger partial charge in [-0.2, -0.15) is 0 Å². The molecule has 0 bridgehead atoms. The van der Waals surface area contributed by atoms with E-state index in [1.807, 2.05) is 6.92 Å². The predicted octanol–water partition coefficient (Wildman–Crippen LogP) is 1.34. The van der Waals surface area contributed by atoms with E-state index in [1.165, 1.54) is 0 Å². The molecule has 0 aromatic rings. The molecule has 0 rings (SSSR count). The molecule has 36 valence electrons. The van der Waals surface area contributed by atoms with Crippen LogP contribution >= 0.6 is 7.81 Å². The van der Waals surface area contributed by atoms with E-state index >= 15 is 0 Å². The summed E-state index contributed by atoms with van der Waals surface area (Å²) in [5.41, 5.74) is 0. The van der Waals surface area contributed by atoms with Crippen LogP contribution in [0.2, 0.25) is 0 Å². The van der Waals surface area contributed by atoms with Crippen molar-refractivity contribution in [3.05, 3.63) is 0 Å². The molecule has 6 heavy (non-hydrogen) atoms. The molecule has 0 saturated heterocycles. The molecular weight excluding hydrogens is 135 g/mol. The topological polar surface area (TPSA) is 9.23 Å². The van der Waals surface area contributed by atoms with Gasteiger partial charge >= 0.3 is 45.4 Å². The van der Waals surface area contributed by atoms with Crippen molar-refractivity contribution in [1.29, 1.82) is 0 Å². The average molecular weight is 140 g/mol. The van der Waals surface area contributed by atoms with Gasteiger partial charge in [0.25, 0.3) is 0 Å². The molecule has 0 aliphatic heterocycles. The molecular formula is C2H5OPS2. The van der Waals surface area contributed by atoms with E-state index in [4.69, 9.17) is 4.18 Å². The van der Waals surface area contributed by atoms with E-state index in [0.29, 0.717) is 6.61 Å². The fraction of sp³-hybridized carbons (Fsp3) is 1.00. The Kier molecular flexibility index (Phi) is 4.56. The van der Waals surface area contributed by atoms with Crippen LogP contribution in [0.25, 0.3) is 0 Å². The fourth-order valence-corrected chi connectivity index (χ4v) is 0.907. The molecule has 0 fully saturated rings. The van der Waals surface area contributed by atoms with Crippen molar-refractivity contribution in [1.82, 2.24) is 0 Å². The van der Waals surface area contributed by atoms with Gasteiger partial charge in [0.05, 0.1) is 0 Å². The summed E-state index contributed by atoms with van der Waals surface area (Å²) in [6.07, 6.45) is 0. The second-order valence-corrected chi connectivity index (χ2v) is 3.94. The second kappa shape index (κ2) is 4.00. The van der Waals surface area contributed by atoms with E-state index in [2.05, 4.69) is 19.0 Å². The molecule has 0 saturated carbocycles. The zero-order chi connectivity index (χ0) is 4.99. The number of hydrogen-bond acceptors (Lipinski definition) is 2. The Morgan fingerprint density at radius 2 is 2.50 bits per heavy atom. The van der Waals surface area contributed by atoms with Crippen LogP contribution in [0.5, 0.6) is 0 Å². The maximum atomic E-state index is 4.75. The van der Waals surface area contributed by atoms with E-state index in [0.717, 1.165) is 0 Å². The van der Waals surface area contributed by atoms with Gasteiger partial charge in [-0.05, 0) is 0 Å². The van der Waals surface area contributed by atoms with Crippen LogP contribution in [-0.4, -0.2) is 6.61 Å². The quantitative estimate of drug-likeness (QED) is 0.508. The molecule has 4 heteroatoms. The summed E-state index contributed by atoms with van der Waals surface area (Å²) in [5, 5.41) is 0. The molecule has 0 aromatic heterocycles. The first kappa shape index (κ1) is 6.83. The van der Waals surface area contributed by atoms with E-state index in [-0.39, 0.29) is 0 Å². The fourth-order valence-electron chi connectivity index (χ4n) is 0.101. The van der Waals surface area contributed by atoms with Crippen molar-refractivity contribution in [2.45, 2.75) is 6.92 Å². The van der Waals surface area contributed by atoms with Gasteiger partial charge in [-0.25, -0.2) is 0 Å². The van der Waals surface area contributed by atoms with Crippen molar-refractivity contribution in [3.63, 3.8) is 0 Å². The molecule has 0 aliphatic carbocycles. The van der Waals surface area contributed by atoms with Crippen molar-refractivity contribution < 1.29 is 4.18 Å². The third-order valence-corrected chi connectivity index (χ3v) is 1.26. The first-order chi connectivity index (χ1) is 2.77. The van der Waals surface area contributed by atoms with Crippen LogP contribution in [-0.2, 0) is 24.1 Å². The Morgan fingerprint density at radius 1 is 2.00 bits per heavy atom. The zero-order valence-corrected chi connectivity index (χ0v) is 5.91. The standard InChI is InChI=1S/C2H5OPS2/c1-2-3-6(4)5/h2H2,1H3. The zero-order valence-electron chi connectivity index (χ0n) is 3.38. The van der Waals surface area contributed by atoms with E-state index in [9.17, 15) is 0 Å². The first-order valence-electron chi connectivity index (χ1n) is 1.51. The van der Waals surface area contributed by atoms with E-state index in [1.54, 1.807) is 0 Å². The third-order valence-electron chi connectivity index (χ3n) is 0.219. The molecule has 1 nitrogen and oxygen atoms in total. The van der Waals surface area contributed by atoms with Crippen molar-refractivity contribution in [2.75, 3.05) is 6.61 Å². The maximum absolute atomic E-state index is 4.75. The van der Waals surface area contributed by atoms with Crippen LogP contribution < -0.4 is 0 Å². The van der Waals surface area contributed by atoms with Crippen LogP contribution in [0.4, 0.5) is 0 Å². The van der Waals surface area contributed by atoms with Crippen LogP contribution in [0.3, 0.4) is 0 Å². The van der Waals surface area contributed by atoms with Gasteiger partial charge in [0.2, 0.25) is 0 Å². The van der Waals surface area contributed by atoms with Crippen LogP contribution in [0, 0.1) is 0 Å². The van der Waals surface area contributed by atoms with Crippen LogP contribution in [0.1, 0.15) is 6.92 Å². The SMILES string of the molecule is CCOS(#P)=S. The van der Waals surface area contributed by atoms with Gasteiger partial charge in [-0.15, -0.1) is 0 Å². The predicted molar refractivity (Wildman–Crippen MR) is 33.3 cm³/mol. The van der Waals surface area contributed by atoms with E-state index < -0.39 is 8.71 Å². The van der Waals surface area contributed by atoms with Gasteiger partial charge in [-0.1, -0.05) is 0 Å². The monoisotopic (exact) mass is 140 g/mol. The molecule has 0 heterocycles. The normalized spacial score (nSPS) is 8.00. The first-order valence-corrected chi connectivity index (χ1v) is 4.64. The summed E-state index contributed by atoms with van der Waals surface area (Å²) < 4.78 is 4.75. The van der Waals surface area contributed by atoms with Crippen molar-refractivity contribution in [3.8, 4) is 0 Å². The van der Waals surface area contributed by atoms with Crippen LogP contribution in [0.15, 0.2) is 0 Å².